The van der Waals surface area contributed by atoms with Crippen molar-refractivity contribution in [1.29, 1.82) is 0 Å². The van der Waals surface area contributed by atoms with Gasteiger partial charge in [-0.1, -0.05) is 6.07 Å². The molecule has 2 aromatic rings. The first kappa shape index (κ1) is 21.6. The van der Waals surface area contributed by atoms with E-state index in [0.717, 1.165) is 30.7 Å². The van der Waals surface area contributed by atoms with Gasteiger partial charge in [-0.2, -0.15) is 0 Å². The number of imidazole rings is 1. The molecule has 0 spiro atoms. The lowest BCUT2D eigenvalue weighted by Crippen LogP contribution is -2.51. The Bertz CT molecular complexity index is 1080. The summed E-state index contributed by atoms with van der Waals surface area (Å²) < 4.78 is 1.81. The number of carbonyl (C=O) groups is 3. The molecule has 4 bridgehead atoms. The normalized spacial score (nSPS) is 30.1. The summed E-state index contributed by atoms with van der Waals surface area (Å²) in [6.07, 6.45) is 10.8. The highest BCUT2D eigenvalue weighted by molar-refractivity contribution is 5.93. The van der Waals surface area contributed by atoms with Crippen LogP contribution in [0.25, 0.3) is 5.65 Å². The van der Waals surface area contributed by atoms with Gasteiger partial charge in [-0.3, -0.25) is 18.8 Å². The van der Waals surface area contributed by atoms with Crippen LogP contribution >= 0.6 is 0 Å². The number of aromatic nitrogens is 2. The van der Waals surface area contributed by atoms with E-state index in [9.17, 15) is 14.4 Å². The van der Waals surface area contributed by atoms with Crippen molar-refractivity contribution < 1.29 is 14.4 Å². The quantitative estimate of drug-likeness (QED) is 0.665. The van der Waals surface area contributed by atoms with Crippen molar-refractivity contribution in [2.75, 3.05) is 32.7 Å². The lowest BCUT2D eigenvalue weighted by molar-refractivity contribution is -0.134. The summed E-state index contributed by atoms with van der Waals surface area (Å²) in [5.74, 6) is 2.52. The predicted molar refractivity (Wildman–Crippen MR) is 126 cm³/mol. The second-order valence-electron chi connectivity index (χ2n) is 11.2. The average Bonchev–Trinajstić information content (AvgIpc) is 3.24. The van der Waals surface area contributed by atoms with E-state index in [1.807, 2.05) is 28.8 Å². The van der Waals surface area contributed by atoms with Crippen molar-refractivity contribution in [2.45, 2.75) is 44.9 Å². The number of fused-ring (bicyclic) bond motifs is 1. The third kappa shape index (κ3) is 3.97. The van der Waals surface area contributed by atoms with Gasteiger partial charge in [0.2, 0.25) is 12.3 Å². The molecule has 4 saturated carbocycles. The molecule has 0 aromatic carbocycles. The molecule has 0 unspecified atom stereocenters. The minimum atomic E-state index is -0.0680. The van der Waals surface area contributed by atoms with Crippen LogP contribution in [0.4, 0.5) is 0 Å². The van der Waals surface area contributed by atoms with Crippen LogP contribution in [0.3, 0.4) is 0 Å². The molecule has 5 aliphatic rings. The second kappa shape index (κ2) is 8.40. The van der Waals surface area contributed by atoms with E-state index in [2.05, 4.69) is 10.3 Å². The molecule has 8 heteroatoms. The van der Waals surface area contributed by atoms with Crippen molar-refractivity contribution in [3.63, 3.8) is 0 Å². The highest BCUT2D eigenvalue weighted by Gasteiger charge is 2.50. The Labute approximate surface area is 199 Å². The van der Waals surface area contributed by atoms with Crippen molar-refractivity contribution >= 4 is 23.9 Å². The standard InChI is InChI=1S/C26H33N5O3/c32-17-29-4-6-30(7-5-29)24(33)11-21-15-31-22(2-1-3-23(31)28-21)25(34)27-16-26-12-18-8-19(13-26)10-20(9-18)14-26/h1-3,15,17-20H,4-14,16H2,(H,27,34). The van der Waals surface area contributed by atoms with Gasteiger partial charge in [0.25, 0.3) is 5.91 Å². The first-order valence-corrected chi connectivity index (χ1v) is 12.7. The van der Waals surface area contributed by atoms with Crippen LogP contribution in [0, 0.1) is 23.2 Å². The summed E-state index contributed by atoms with van der Waals surface area (Å²) in [7, 11) is 0. The van der Waals surface area contributed by atoms with E-state index in [4.69, 9.17) is 0 Å². The van der Waals surface area contributed by atoms with Gasteiger partial charge in [-0.25, -0.2) is 4.98 Å². The van der Waals surface area contributed by atoms with Gasteiger partial charge in [-0.05, 0) is 73.8 Å². The molecule has 4 aliphatic carbocycles. The maximum atomic E-state index is 13.2. The lowest BCUT2D eigenvalue weighted by Gasteiger charge is -2.56. The second-order valence-corrected chi connectivity index (χ2v) is 11.2. The highest BCUT2D eigenvalue weighted by atomic mass is 16.2. The van der Waals surface area contributed by atoms with Gasteiger partial charge in [0.15, 0.2) is 0 Å². The molecule has 1 N–H and O–H groups in total. The summed E-state index contributed by atoms with van der Waals surface area (Å²) in [5, 5.41) is 3.26. The van der Waals surface area contributed by atoms with Crippen molar-refractivity contribution in [3.05, 3.63) is 35.8 Å². The van der Waals surface area contributed by atoms with E-state index in [0.29, 0.717) is 48.6 Å². The summed E-state index contributed by atoms with van der Waals surface area (Å²) in [4.78, 5) is 44.9. The Balaban J connectivity index is 1.13. The predicted octanol–water partition coefficient (Wildman–Crippen LogP) is 2.12. The number of carbonyl (C=O) groups excluding carboxylic acids is 3. The third-order valence-corrected chi connectivity index (χ3v) is 8.71. The van der Waals surface area contributed by atoms with Crippen LogP contribution in [0.1, 0.15) is 54.7 Å². The molecule has 2 aromatic heterocycles. The highest BCUT2D eigenvalue weighted by Crippen LogP contribution is 2.59. The van der Waals surface area contributed by atoms with Crippen LogP contribution in [0.15, 0.2) is 24.4 Å². The molecular weight excluding hydrogens is 430 g/mol. The van der Waals surface area contributed by atoms with Gasteiger partial charge in [-0.15, -0.1) is 0 Å². The minimum Gasteiger partial charge on any atom is -0.350 e. The number of hydrogen-bond acceptors (Lipinski definition) is 4. The zero-order valence-electron chi connectivity index (χ0n) is 19.6. The maximum Gasteiger partial charge on any atom is 0.268 e. The van der Waals surface area contributed by atoms with Crippen LogP contribution in [0.2, 0.25) is 0 Å². The average molecular weight is 464 g/mol. The zero-order valence-corrected chi connectivity index (χ0v) is 19.6. The Morgan fingerprint density at radius 2 is 1.71 bits per heavy atom. The summed E-state index contributed by atoms with van der Waals surface area (Å²) in [6.45, 7) is 2.98. The topological polar surface area (TPSA) is 87.0 Å². The zero-order chi connectivity index (χ0) is 23.3. The summed E-state index contributed by atoms with van der Waals surface area (Å²) in [6, 6.07) is 5.55. The summed E-state index contributed by atoms with van der Waals surface area (Å²) in [5.41, 5.74) is 2.19. The Morgan fingerprint density at radius 3 is 2.35 bits per heavy atom. The van der Waals surface area contributed by atoms with E-state index in [-0.39, 0.29) is 18.2 Å². The monoisotopic (exact) mass is 463 g/mol. The fraction of sp³-hybridized carbons (Fsp3) is 0.615. The van der Waals surface area contributed by atoms with Crippen molar-refractivity contribution in [1.82, 2.24) is 24.5 Å². The number of nitrogens with one attached hydrogen (secondary N) is 1. The van der Waals surface area contributed by atoms with Crippen LogP contribution in [-0.2, 0) is 16.0 Å². The molecule has 8 nitrogen and oxygen atoms in total. The number of amides is 3. The molecule has 3 heterocycles. The first-order chi connectivity index (χ1) is 16.5. The molecule has 34 heavy (non-hydrogen) atoms. The molecule has 0 atom stereocenters. The molecule has 5 fully saturated rings. The lowest BCUT2D eigenvalue weighted by atomic mass is 9.49. The van der Waals surface area contributed by atoms with Crippen LogP contribution in [-0.4, -0.2) is 70.1 Å². The van der Waals surface area contributed by atoms with E-state index < -0.39 is 0 Å². The molecule has 0 radical (unpaired) electrons. The fourth-order valence-electron chi connectivity index (χ4n) is 7.54. The van der Waals surface area contributed by atoms with E-state index >= 15 is 0 Å². The largest absolute Gasteiger partial charge is 0.350 e. The molecule has 1 saturated heterocycles. The van der Waals surface area contributed by atoms with Gasteiger partial charge >= 0.3 is 0 Å². The number of hydrogen-bond donors (Lipinski definition) is 1. The molecule has 3 amide bonds. The smallest absolute Gasteiger partial charge is 0.268 e. The molecule has 7 rings (SSSR count). The number of nitrogens with zero attached hydrogens (tertiary/aromatic N) is 4. The molecule has 180 valence electrons. The van der Waals surface area contributed by atoms with E-state index in [1.165, 1.54) is 38.5 Å². The SMILES string of the molecule is O=CN1CCN(C(=O)Cc2cn3c(C(=O)NCC45CC6CC(CC(C6)C4)C5)cccc3n2)CC1. The van der Waals surface area contributed by atoms with Gasteiger partial charge in [0.1, 0.15) is 11.3 Å². The number of pyridine rings is 1. The van der Waals surface area contributed by atoms with Gasteiger partial charge in [0, 0.05) is 38.9 Å². The van der Waals surface area contributed by atoms with Gasteiger partial charge in [0.05, 0.1) is 12.1 Å². The Hall–Kier alpha value is -2.90. The van der Waals surface area contributed by atoms with Crippen molar-refractivity contribution in [2.24, 2.45) is 23.2 Å². The van der Waals surface area contributed by atoms with Crippen LogP contribution in [0.5, 0.6) is 0 Å². The third-order valence-electron chi connectivity index (χ3n) is 8.71. The maximum absolute atomic E-state index is 13.2. The Kier molecular flexibility index (Phi) is 5.34. The molecular formula is C26H33N5O3. The summed E-state index contributed by atoms with van der Waals surface area (Å²) >= 11 is 0. The number of rotatable bonds is 6. The van der Waals surface area contributed by atoms with Crippen molar-refractivity contribution in [3.8, 4) is 0 Å². The fourth-order valence-corrected chi connectivity index (χ4v) is 7.54. The first-order valence-electron chi connectivity index (χ1n) is 12.7. The van der Waals surface area contributed by atoms with Gasteiger partial charge < -0.3 is 15.1 Å². The van der Waals surface area contributed by atoms with E-state index in [1.54, 1.807) is 9.80 Å². The Morgan fingerprint density at radius 1 is 1.03 bits per heavy atom. The minimum absolute atomic E-state index is 0.00164. The number of piperazine rings is 1. The van der Waals surface area contributed by atoms with Crippen LogP contribution < -0.4 is 5.32 Å². The molecule has 1 aliphatic heterocycles.